The maximum Gasteiger partial charge on any atom is 0.269 e. The molecular weight excluding hydrogens is 344 g/mol. The average Bonchev–Trinajstić information content (AvgIpc) is 2.95. The average molecular weight is 360 g/mol. The van der Waals surface area contributed by atoms with Gasteiger partial charge in [-0.2, -0.15) is 0 Å². The molecule has 1 aliphatic rings. The van der Waals surface area contributed by atoms with Crippen LogP contribution in [-0.4, -0.2) is 15.8 Å². The van der Waals surface area contributed by atoms with Crippen molar-refractivity contribution < 1.29 is 9.72 Å². The Bertz CT molecular complexity index is 1020. The topological polar surface area (TPSA) is 88.4 Å². The van der Waals surface area contributed by atoms with Gasteiger partial charge >= 0.3 is 0 Å². The first-order valence-electron chi connectivity index (χ1n) is 8.41. The van der Waals surface area contributed by atoms with Crippen LogP contribution in [0.2, 0.25) is 0 Å². The first-order valence-corrected chi connectivity index (χ1v) is 8.41. The van der Waals surface area contributed by atoms with E-state index in [0.717, 1.165) is 11.3 Å². The molecule has 1 N–H and O–H groups in total. The van der Waals surface area contributed by atoms with Crippen molar-refractivity contribution >= 4 is 23.0 Å². The second-order valence-corrected chi connectivity index (χ2v) is 6.30. The number of hydrogen-bond acceptors (Lipinski definition) is 5. The number of anilines is 2. The van der Waals surface area contributed by atoms with Crippen LogP contribution >= 0.6 is 0 Å². The van der Waals surface area contributed by atoms with Crippen molar-refractivity contribution in [2.75, 3.05) is 10.2 Å². The summed E-state index contributed by atoms with van der Waals surface area (Å²) < 4.78 is 0. The molecule has 2 heterocycles. The number of amides is 1. The summed E-state index contributed by atoms with van der Waals surface area (Å²) in [5, 5.41) is 14.1. The molecule has 0 fully saturated rings. The van der Waals surface area contributed by atoms with Gasteiger partial charge in [-0.15, -0.1) is 0 Å². The highest BCUT2D eigenvalue weighted by Gasteiger charge is 2.38. The molecule has 1 aromatic heterocycles. The third-order valence-electron chi connectivity index (χ3n) is 4.50. The maximum atomic E-state index is 13.0. The Balaban J connectivity index is 1.73. The summed E-state index contributed by atoms with van der Waals surface area (Å²) in [5.41, 5.74) is 3.69. The predicted octanol–water partition coefficient (Wildman–Crippen LogP) is 4.07. The Morgan fingerprint density at radius 3 is 2.44 bits per heavy atom. The molecule has 1 amide bonds. The second kappa shape index (κ2) is 6.53. The lowest BCUT2D eigenvalue weighted by molar-refractivity contribution is -0.384. The number of non-ortho nitro benzene ring substituents is 1. The zero-order valence-electron chi connectivity index (χ0n) is 14.5. The van der Waals surface area contributed by atoms with Gasteiger partial charge in [0.2, 0.25) is 0 Å². The molecule has 0 radical (unpaired) electrons. The first kappa shape index (κ1) is 16.7. The molecule has 0 saturated carbocycles. The largest absolute Gasteiger partial charge is 0.360 e. The lowest BCUT2D eigenvalue weighted by Gasteiger charge is -2.26. The Morgan fingerprint density at radius 2 is 1.78 bits per heavy atom. The first-order chi connectivity index (χ1) is 13.0. The molecule has 1 aliphatic heterocycles. The molecule has 4 rings (SSSR count). The number of nitro benzene ring substituents is 1. The molecule has 7 heteroatoms. The summed E-state index contributed by atoms with van der Waals surface area (Å²) in [6.07, 6.45) is 1.15. The molecule has 27 heavy (non-hydrogen) atoms. The third kappa shape index (κ3) is 2.99. The molecule has 0 spiro atoms. The lowest BCUT2D eigenvalue weighted by Crippen LogP contribution is -2.32. The molecule has 0 bridgehead atoms. The Kier molecular flexibility index (Phi) is 4.04. The van der Waals surface area contributed by atoms with Crippen molar-refractivity contribution in [3.05, 3.63) is 93.8 Å². The number of nitrogens with zero attached hydrogens (tertiary/aromatic N) is 3. The van der Waals surface area contributed by atoms with Gasteiger partial charge in [-0.25, -0.2) is 0 Å². The predicted molar refractivity (Wildman–Crippen MR) is 102 cm³/mol. The van der Waals surface area contributed by atoms with Crippen LogP contribution in [0.4, 0.5) is 17.1 Å². The number of carbonyl (C=O) groups is 1. The number of rotatable bonds is 4. The number of pyridine rings is 1. The number of hydrogen-bond donors (Lipinski definition) is 1. The van der Waals surface area contributed by atoms with Crippen LogP contribution in [0, 0.1) is 17.0 Å². The fourth-order valence-electron chi connectivity index (χ4n) is 3.13. The highest BCUT2D eigenvalue weighted by atomic mass is 16.6. The normalized spacial score (nSPS) is 15.5. The van der Waals surface area contributed by atoms with Crippen molar-refractivity contribution in [2.24, 2.45) is 0 Å². The Labute approximate surface area is 155 Å². The second-order valence-electron chi connectivity index (χ2n) is 6.30. The van der Waals surface area contributed by atoms with Gasteiger partial charge in [0.15, 0.2) is 6.17 Å². The Morgan fingerprint density at radius 1 is 1.07 bits per heavy atom. The minimum Gasteiger partial charge on any atom is -0.360 e. The maximum absolute atomic E-state index is 13.0. The summed E-state index contributed by atoms with van der Waals surface area (Å²) in [6.45, 7) is 1.98. The Hall–Kier alpha value is -3.74. The van der Waals surface area contributed by atoms with Crippen LogP contribution < -0.4 is 10.2 Å². The van der Waals surface area contributed by atoms with E-state index in [1.807, 2.05) is 31.2 Å². The van der Waals surface area contributed by atoms with Crippen LogP contribution in [0.3, 0.4) is 0 Å². The number of carbonyl (C=O) groups excluding carboxylic acids is 1. The van der Waals surface area contributed by atoms with Crippen molar-refractivity contribution in [1.29, 1.82) is 0 Å². The number of fused-ring (bicyclic) bond motifs is 1. The summed E-state index contributed by atoms with van der Waals surface area (Å²) in [7, 11) is 0. The van der Waals surface area contributed by atoms with E-state index in [0.29, 0.717) is 16.9 Å². The van der Waals surface area contributed by atoms with E-state index >= 15 is 0 Å². The van der Waals surface area contributed by atoms with E-state index in [4.69, 9.17) is 0 Å². The fourth-order valence-corrected chi connectivity index (χ4v) is 3.13. The zero-order valence-corrected chi connectivity index (χ0v) is 14.5. The number of benzene rings is 2. The molecule has 3 aromatic rings. The molecule has 1 atom stereocenters. The van der Waals surface area contributed by atoms with Gasteiger partial charge in [-0.05, 0) is 43.3 Å². The number of aromatic nitrogens is 1. The summed E-state index contributed by atoms with van der Waals surface area (Å²) in [6, 6.07) is 17.3. The number of nitrogens with one attached hydrogen (secondary N) is 1. The summed E-state index contributed by atoms with van der Waals surface area (Å²) in [4.78, 5) is 29.4. The van der Waals surface area contributed by atoms with Crippen LogP contribution in [0.5, 0.6) is 0 Å². The van der Waals surface area contributed by atoms with Gasteiger partial charge in [0, 0.05) is 29.7 Å². The van der Waals surface area contributed by atoms with Gasteiger partial charge in [0.25, 0.3) is 11.6 Å². The molecule has 1 unspecified atom stereocenters. The smallest absolute Gasteiger partial charge is 0.269 e. The minimum absolute atomic E-state index is 0.0111. The van der Waals surface area contributed by atoms with Crippen LogP contribution in [-0.2, 0) is 0 Å². The van der Waals surface area contributed by atoms with Crippen molar-refractivity contribution in [2.45, 2.75) is 13.1 Å². The third-order valence-corrected chi connectivity index (χ3v) is 4.50. The molecule has 7 nitrogen and oxygen atoms in total. The number of nitro groups is 1. The van der Waals surface area contributed by atoms with E-state index in [2.05, 4.69) is 10.3 Å². The minimum atomic E-state index is -0.502. The number of aryl methyl sites for hydroxylation is 1. The lowest BCUT2D eigenvalue weighted by atomic mass is 10.2. The SMILES string of the molecule is Cc1ccc(N2C(=O)c3cccnc3C2Nc2ccc([N+](=O)[O-])cc2)cc1. The zero-order chi connectivity index (χ0) is 19.0. The van der Waals surface area contributed by atoms with E-state index in [1.165, 1.54) is 12.1 Å². The molecule has 2 aromatic carbocycles. The summed E-state index contributed by atoms with van der Waals surface area (Å²) in [5.74, 6) is -0.138. The molecule has 0 saturated heterocycles. The van der Waals surface area contributed by atoms with Gasteiger partial charge in [0.05, 0.1) is 16.2 Å². The van der Waals surface area contributed by atoms with Crippen molar-refractivity contribution in [1.82, 2.24) is 4.98 Å². The van der Waals surface area contributed by atoms with Gasteiger partial charge < -0.3 is 5.32 Å². The van der Waals surface area contributed by atoms with E-state index < -0.39 is 11.1 Å². The van der Waals surface area contributed by atoms with Crippen LogP contribution in [0.15, 0.2) is 66.9 Å². The van der Waals surface area contributed by atoms with Crippen LogP contribution in [0.25, 0.3) is 0 Å². The standard InChI is InChI=1S/C20H16N4O3/c1-13-4-8-15(9-5-13)23-19(18-17(20(23)25)3-2-12-21-18)22-14-6-10-16(11-7-14)24(26)27/h2-12,19,22H,1H3. The van der Waals surface area contributed by atoms with E-state index in [-0.39, 0.29) is 11.6 Å². The quantitative estimate of drug-likeness (QED) is 0.560. The van der Waals surface area contributed by atoms with E-state index in [1.54, 1.807) is 35.4 Å². The van der Waals surface area contributed by atoms with E-state index in [9.17, 15) is 14.9 Å². The molecular formula is C20H16N4O3. The molecule has 134 valence electrons. The highest BCUT2D eigenvalue weighted by Crippen LogP contribution is 2.37. The molecule has 0 aliphatic carbocycles. The van der Waals surface area contributed by atoms with Crippen molar-refractivity contribution in [3.8, 4) is 0 Å². The fraction of sp³-hybridized carbons (Fsp3) is 0.100. The highest BCUT2D eigenvalue weighted by molar-refractivity contribution is 6.11. The van der Waals surface area contributed by atoms with Gasteiger partial charge in [0.1, 0.15) is 0 Å². The summed E-state index contributed by atoms with van der Waals surface area (Å²) >= 11 is 0. The van der Waals surface area contributed by atoms with Gasteiger partial charge in [-0.1, -0.05) is 17.7 Å². The van der Waals surface area contributed by atoms with Crippen LogP contribution in [0.1, 0.15) is 27.8 Å². The van der Waals surface area contributed by atoms with Gasteiger partial charge in [-0.3, -0.25) is 24.8 Å². The van der Waals surface area contributed by atoms with Crippen molar-refractivity contribution in [3.63, 3.8) is 0 Å². The monoisotopic (exact) mass is 360 g/mol.